The molecule has 0 heterocycles. The predicted octanol–water partition coefficient (Wildman–Crippen LogP) is 4.29. The molecule has 6 heteroatoms. The fourth-order valence-corrected chi connectivity index (χ4v) is 2.49. The van der Waals surface area contributed by atoms with Gasteiger partial charge >= 0.3 is 5.97 Å². The van der Waals surface area contributed by atoms with Crippen molar-refractivity contribution >= 4 is 40.8 Å². The van der Waals surface area contributed by atoms with Crippen LogP contribution in [0.3, 0.4) is 0 Å². The van der Waals surface area contributed by atoms with Gasteiger partial charge in [0, 0.05) is 34.8 Å². The van der Waals surface area contributed by atoms with Crippen LogP contribution in [0.25, 0.3) is 0 Å². The number of benzene rings is 2. The standard InChI is InChI=1S/C17H15Cl2NO3/c1-20(17(23)12-3-6-13(18)7-4-12)15-10-14(19)8-2-11(15)5-9-16(21)22/h2-4,6-8,10H,5,9H2,1H3,(H,21,22). The van der Waals surface area contributed by atoms with Crippen LogP contribution >= 0.6 is 23.2 Å². The number of amides is 1. The molecule has 2 aromatic rings. The molecule has 0 aromatic heterocycles. The summed E-state index contributed by atoms with van der Waals surface area (Å²) >= 11 is 11.9. The van der Waals surface area contributed by atoms with Crippen molar-refractivity contribution in [3.8, 4) is 0 Å². The summed E-state index contributed by atoms with van der Waals surface area (Å²) < 4.78 is 0. The molecule has 2 rings (SSSR count). The number of hydrogen-bond acceptors (Lipinski definition) is 2. The van der Waals surface area contributed by atoms with Crippen LogP contribution in [0.15, 0.2) is 42.5 Å². The number of carbonyl (C=O) groups excluding carboxylic acids is 1. The zero-order valence-electron chi connectivity index (χ0n) is 12.4. The molecule has 0 fully saturated rings. The lowest BCUT2D eigenvalue weighted by Gasteiger charge is -2.21. The monoisotopic (exact) mass is 351 g/mol. The quantitative estimate of drug-likeness (QED) is 0.874. The third kappa shape index (κ3) is 4.47. The summed E-state index contributed by atoms with van der Waals surface area (Å²) in [6, 6.07) is 11.7. The van der Waals surface area contributed by atoms with Gasteiger partial charge in [-0.05, 0) is 48.4 Å². The molecule has 4 nitrogen and oxygen atoms in total. The molecule has 0 radical (unpaired) electrons. The number of aryl methyl sites for hydroxylation is 1. The van der Waals surface area contributed by atoms with Gasteiger partial charge in [0.05, 0.1) is 0 Å². The number of hydrogen-bond donors (Lipinski definition) is 1. The first-order chi connectivity index (χ1) is 10.9. The molecule has 1 N–H and O–H groups in total. The zero-order chi connectivity index (χ0) is 17.0. The summed E-state index contributed by atoms with van der Waals surface area (Å²) in [5, 5.41) is 9.88. The average molecular weight is 352 g/mol. The molecule has 0 aliphatic rings. The summed E-state index contributed by atoms with van der Waals surface area (Å²) in [6.45, 7) is 0. The third-order valence-corrected chi connectivity index (χ3v) is 3.90. The average Bonchev–Trinajstić information content (AvgIpc) is 2.53. The minimum absolute atomic E-state index is 0.0163. The number of halogens is 2. The molecule has 0 unspecified atom stereocenters. The Morgan fingerprint density at radius 2 is 1.65 bits per heavy atom. The van der Waals surface area contributed by atoms with Crippen LogP contribution in [-0.4, -0.2) is 24.0 Å². The second-order valence-electron chi connectivity index (χ2n) is 5.04. The van der Waals surface area contributed by atoms with Gasteiger partial charge in [-0.15, -0.1) is 0 Å². The van der Waals surface area contributed by atoms with E-state index in [1.54, 1.807) is 49.5 Å². The minimum Gasteiger partial charge on any atom is -0.481 e. The van der Waals surface area contributed by atoms with Crippen LogP contribution in [-0.2, 0) is 11.2 Å². The Morgan fingerprint density at radius 1 is 1.04 bits per heavy atom. The molecule has 120 valence electrons. The van der Waals surface area contributed by atoms with E-state index in [2.05, 4.69) is 0 Å². The maximum absolute atomic E-state index is 12.6. The molecule has 23 heavy (non-hydrogen) atoms. The first-order valence-electron chi connectivity index (χ1n) is 6.92. The van der Waals surface area contributed by atoms with Crippen LogP contribution in [0.2, 0.25) is 10.0 Å². The summed E-state index contributed by atoms with van der Waals surface area (Å²) in [4.78, 5) is 24.8. The highest BCUT2D eigenvalue weighted by molar-refractivity contribution is 6.31. The van der Waals surface area contributed by atoms with E-state index in [1.807, 2.05) is 0 Å². The Morgan fingerprint density at radius 3 is 2.26 bits per heavy atom. The van der Waals surface area contributed by atoms with Crippen molar-refractivity contribution in [3.05, 3.63) is 63.6 Å². The van der Waals surface area contributed by atoms with E-state index in [1.165, 1.54) is 4.90 Å². The maximum atomic E-state index is 12.6. The van der Waals surface area contributed by atoms with Crippen molar-refractivity contribution < 1.29 is 14.7 Å². The van der Waals surface area contributed by atoms with Gasteiger partial charge in [-0.1, -0.05) is 29.3 Å². The smallest absolute Gasteiger partial charge is 0.303 e. The molecule has 0 bridgehead atoms. The van der Waals surface area contributed by atoms with Crippen LogP contribution < -0.4 is 4.90 Å². The maximum Gasteiger partial charge on any atom is 0.303 e. The number of carboxylic acid groups (broad SMARTS) is 1. The van der Waals surface area contributed by atoms with E-state index in [0.717, 1.165) is 5.56 Å². The molecule has 0 atom stereocenters. The lowest BCUT2D eigenvalue weighted by molar-refractivity contribution is -0.136. The van der Waals surface area contributed by atoms with Gasteiger partial charge in [0.15, 0.2) is 0 Å². The molecular formula is C17H15Cl2NO3. The van der Waals surface area contributed by atoms with E-state index in [4.69, 9.17) is 28.3 Å². The summed E-state index contributed by atoms with van der Waals surface area (Å²) in [6.07, 6.45) is 0.303. The van der Waals surface area contributed by atoms with Gasteiger partial charge in [-0.3, -0.25) is 9.59 Å². The van der Waals surface area contributed by atoms with E-state index < -0.39 is 5.97 Å². The van der Waals surface area contributed by atoms with E-state index >= 15 is 0 Å². The second-order valence-corrected chi connectivity index (χ2v) is 5.91. The predicted molar refractivity (Wildman–Crippen MR) is 91.6 cm³/mol. The highest BCUT2D eigenvalue weighted by Gasteiger charge is 2.17. The summed E-state index contributed by atoms with van der Waals surface area (Å²) in [7, 11) is 1.63. The van der Waals surface area contributed by atoms with Crippen molar-refractivity contribution in [2.75, 3.05) is 11.9 Å². The van der Waals surface area contributed by atoms with Gasteiger partial charge in [-0.25, -0.2) is 0 Å². The second kappa shape index (κ2) is 7.49. The van der Waals surface area contributed by atoms with Crippen LogP contribution in [0, 0.1) is 0 Å². The van der Waals surface area contributed by atoms with E-state index in [9.17, 15) is 9.59 Å². The van der Waals surface area contributed by atoms with Crippen molar-refractivity contribution in [3.63, 3.8) is 0 Å². The normalized spacial score (nSPS) is 10.4. The molecular weight excluding hydrogens is 337 g/mol. The summed E-state index contributed by atoms with van der Waals surface area (Å²) in [5.74, 6) is -1.11. The number of anilines is 1. The van der Waals surface area contributed by atoms with Crippen molar-refractivity contribution in [1.82, 2.24) is 0 Å². The first kappa shape index (κ1) is 17.3. The lowest BCUT2D eigenvalue weighted by atomic mass is 10.1. The third-order valence-electron chi connectivity index (χ3n) is 3.41. The molecule has 0 saturated carbocycles. The Hall–Kier alpha value is -2.04. The molecule has 0 spiro atoms. The van der Waals surface area contributed by atoms with E-state index in [-0.39, 0.29) is 12.3 Å². The van der Waals surface area contributed by atoms with Crippen LogP contribution in [0.1, 0.15) is 22.3 Å². The van der Waals surface area contributed by atoms with Gasteiger partial charge in [0.1, 0.15) is 0 Å². The van der Waals surface area contributed by atoms with Gasteiger partial charge < -0.3 is 10.0 Å². The van der Waals surface area contributed by atoms with Gasteiger partial charge in [0.25, 0.3) is 5.91 Å². The Kier molecular flexibility index (Phi) is 5.64. The fourth-order valence-electron chi connectivity index (χ4n) is 2.20. The SMILES string of the molecule is CN(C(=O)c1ccc(Cl)cc1)c1cc(Cl)ccc1CCC(=O)O. The Labute approximate surface area is 144 Å². The zero-order valence-corrected chi connectivity index (χ0v) is 13.9. The Balaban J connectivity index is 2.31. The number of carbonyl (C=O) groups is 2. The number of rotatable bonds is 5. The number of carboxylic acids is 1. The van der Waals surface area contributed by atoms with Crippen LogP contribution in [0.5, 0.6) is 0 Å². The fraction of sp³-hybridized carbons (Fsp3) is 0.176. The largest absolute Gasteiger partial charge is 0.481 e. The van der Waals surface area contributed by atoms with Gasteiger partial charge in [0.2, 0.25) is 0 Å². The molecule has 0 saturated heterocycles. The minimum atomic E-state index is -0.891. The molecule has 0 aliphatic carbocycles. The topological polar surface area (TPSA) is 57.6 Å². The molecule has 0 aliphatic heterocycles. The molecule has 1 amide bonds. The molecule has 2 aromatic carbocycles. The highest BCUT2D eigenvalue weighted by atomic mass is 35.5. The van der Waals surface area contributed by atoms with Gasteiger partial charge in [-0.2, -0.15) is 0 Å². The number of nitrogens with zero attached hydrogens (tertiary/aromatic N) is 1. The van der Waals surface area contributed by atoms with Crippen molar-refractivity contribution in [2.45, 2.75) is 12.8 Å². The van der Waals surface area contributed by atoms with E-state index in [0.29, 0.717) is 27.7 Å². The Bertz CT molecular complexity index is 729. The number of aliphatic carboxylic acids is 1. The van der Waals surface area contributed by atoms with Crippen molar-refractivity contribution in [1.29, 1.82) is 0 Å². The van der Waals surface area contributed by atoms with Crippen molar-refractivity contribution in [2.24, 2.45) is 0 Å². The first-order valence-corrected chi connectivity index (χ1v) is 7.68. The van der Waals surface area contributed by atoms with Crippen LogP contribution in [0.4, 0.5) is 5.69 Å². The highest BCUT2D eigenvalue weighted by Crippen LogP contribution is 2.27. The summed E-state index contributed by atoms with van der Waals surface area (Å²) in [5.41, 5.74) is 1.83. The lowest BCUT2D eigenvalue weighted by Crippen LogP contribution is -2.27.